The van der Waals surface area contributed by atoms with E-state index in [9.17, 15) is 14.4 Å². The predicted molar refractivity (Wildman–Crippen MR) is 81.6 cm³/mol. The first-order chi connectivity index (χ1) is 10.2. The highest BCUT2D eigenvalue weighted by atomic mass is 32.2. The molecule has 3 N–H and O–H groups in total. The van der Waals surface area contributed by atoms with Gasteiger partial charge in [-0.3, -0.25) is 14.4 Å². The number of hydrogen-bond acceptors (Lipinski definition) is 6. The van der Waals surface area contributed by atoms with Gasteiger partial charge in [0.2, 0.25) is 11.8 Å². The zero-order valence-corrected chi connectivity index (χ0v) is 13.5. The zero-order chi connectivity index (χ0) is 16.8. The number of nitrogens with zero attached hydrogens (tertiary/aromatic N) is 1. The Bertz CT molecular complexity index is 556. The number of thioether (sulfide) groups is 1. The summed E-state index contributed by atoms with van der Waals surface area (Å²) < 4.78 is 4.81. The molecule has 8 nitrogen and oxygen atoms in total. The number of carbonyl (C=O) groups is 3. The lowest BCUT2D eigenvalue weighted by atomic mass is 9.94. The maximum Gasteiger partial charge on any atom is 0.310 e. The number of amides is 2. The summed E-state index contributed by atoms with van der Waals surface area (Å²) in [6, 6.07) is 1.59. The number of hydrogen-bond donors (Lipinski definition) is 3. The summed E-state index contributed by atoms with van der Waals surface area (Å²) in [6.45, 7) is 4.79. The van der Waals surface area contributed by atoms with E-state index in [1.54, 1.807) is 13.0 Å². The van der Waals surface area contributed by atoms with Crippen molar-refractivity contribution in [2.45, 2.75) is 20.8 Å². The standard InChI is InChI=1S/C13H19N3O5S/c1-8-4-9(16-21-8)15-11(18)6-22-5-10(17)14-7-13(2,3)12(19)20/h4H,5-7H2,1-3H3,(H,14,17)(H,19,20)(H,15,16,18). The van der Waals surface area contributed by atoms with Crippen LogP contribution in [0.3, 0.4) is 0 Å². The van der Waals surface area contributed by atoms with Crippen LogP contribution in [-0.4, -0.2) is 46.1 Å². The number of nitrogens with one attached hydrogen (secondary N) is 2. The SMILES string of the molecule is Cc1cc(NC(=O)CSCC(=O)NCC(C)(C)C(=O)O)no1. The minimum Gasteiger partial charge on any atom is -0.481 e. The second-order valence-electron chi connectivity index (χ2n) is 5.33. The van der Waals surface area contributed by atoms with E-state index in [1.807, 2.05) is 0 Å². The van der Waals surface area contributed by atoms with E-state index in [4.69, 9.17) is 9.63 Å². The van der Waals surface area contributed by atoms with Gasteiger partial charge in [0.15, 0.2) is 5.82 Å². The molecule has 0 aliphatic carbocycles. The molecule has 1 heterocycles. The molecule has 0 bridgehead atoms. The van der Waals surface area contributed by atoms with Gasteiger partial charge in [0.25, 0.3) is 0 Å². The van der Waals surface area contributed by atoms with Crippen molar-refractivity contribution in [3.63, 3.8) is 0 Å². The molecule has 2 amide bonds. The van der Waals surface area contributed by atoms with Crippen LogP contribution in [0.5, 0.6) is 0 Å². The Kier molecular flexibility index (Phi) is 6.41. The average molecular weight is 329 g/mol. The van der Waals surface area contributed by atoms with Crippen LogP contribution in [0.1, 0.15) is 19.6 Å². The summed E-state index contributed by atoms with van der Waals surface area (Å²) in [4.78, 5) is 34.0. The van der Waals surface area contributed by atoms with Gasteiger partial charge in [-0.1, -0.05) is 5.16 Å². The normalized spacial score (nSPS) is 11.0. The molecular formula is C13H19N3O5S. The molecule has 0 fully saturated rings. The molecule has 0 atom stereocenters. The van der Waals surface area contributed by atoms with Crippen LogP contribution in [0.2, 0.25) is 0 Å². The number of carboxylic acids is 1. The fraction of sp³-hybridized carbons (Fsp3) is 0.538. The highest BCUT2D eigenvalue weighted by Crippen LogP contribution is 2.13. The third kappa shape index (κ3) is 6.17. The monoisotopic (exact) mass is 329 g/mol. The fourth-order valence-electron chi connectivity index (χ4n) is 1.29. The zero-order valence-electron chi connectivity index (χ0n) is 12.6. The Morgan fingerprint density at radius 1 is 1.32 bits per heavy atom. The molecule has 0 spiro atoms. The van der Waals surface area contributed by atoms with Gasteiger partial charge in [-0.15, -0.1) is 11.8 Å². The Labute approximate surface area is 132 Å². The predicted octanol–water partition coefficient (Wildman–Crippen LogP) is 0.882. The summed E-state index contributed by atoms with van der Waals surface area (Å²) in [7, 11) is 0. The second-order valence-corrected chi connectivity index (χ2v) is 6.32. The molecule has 9 heteroatoms. The summed E-state index contributed by atoms with van der Waals surface area (Å²) in [5, 5.41) is 17.6. The Morgan fingerprint density at radius 2 is 1.95 bits per heavy atom. The molecule has 0 saturated carbocycles. The summed E-state index contributed by atoms with van der Waals surface area (Å²) in [5.74, 6) is -0.522. The van der Waals surface area contributed by atoms with E-state index in [0.29, 0.717) is 11.6 Å². The largest absolute Gasteiger partial charge is 0.481 e. The lowest BCUT2D eigenvalue weighted by molar-refractivity contribution is -0.146. The molecule has 1 aromatic rings. The van der Waals surface area contributed by atoms with Gasteiger partial charge in [0.05, 0.1) is 16.9 Å². The van der Waals surface area contributed by atoms with Crippen LogP contribution in [0.25, 0.3) is 0 Å². The number of aromatic nitrogens is 1. The topological polar surface area (TPSA) is 122 Å². The number of rotatable bonds is 8. The van der Waals surface area contributed by atoms with Crippen LogP contribution in [0.4, 0.5) is 5.82 Å². The first-order valence-electron chi connectivity index (χ1n) is 6.52. The lowest BCUT2D eigenvalue weighted by Gasteiger charge is -2.19. The van der Waals surface area contributed by atoms with Crippen molar-refractivity contribution in [2.24, 2.45) is 5.41 Å². The van der Waals surface area contributed by atoms with Crippen molar-refractivity contribution < 1.29 is 24.0 Å². The van der Waals surface area contributed by atoms with Crippen molar-refractivity contribution in [2.75, 3.05) is 23.4 Å². The summed E-state index contributed by atoms with van der Waals surface area (Å²) >= 11 is 1.12. The van der Waals surface area contributed by atoms with Gasteiger partial charge in [-0.2, -0.15) is 0 Å². The van der Waals surface area contributed by atoms with Crippen LogP contribution >= 0.6 is 11.8 Å². The van der Waals surface area contributed by atoms with Crippen molar-refractivity contribution in [3.05, 3.63) is 11.8 Å². The van der Waals surface area contributed by atoms with Crippen LogP contribution < -0.4 is 10.6 Å². The summed E-state index contributed by atoms with van der Waals surface area (Å²) in [6.07, 6.45) is 0. The van der Waals surface area contributed by atoms with Crippen LogP contribution in [0.15, 0.2) is 10.6 Å². The van der Waals surface area contributed by atoms with Crippen molar-refractivity contribution in [1.29, 1.82) is 0 Å². The molecule has 0 aliphatic heterocycles. The number of aryl methyl sites for hydroxylation is 1. The molecular weight excluding hydrogens is 310 g/mol. The van der Waals surface area contributed by atoms with Gasteiger partial charge in [-0.25, -0.2) is 0 Å². The number of anilines is 1. The van der Waals surface area contributed by atoms with Crippen molar-refractivity contribution >= 4 is 35.4 Å². The molecule has 0 saturated heterocycles. The molecule has 0 unspecified atom stereocenters. The lowest BCUT2D eigenvalue weighted by Crippen LogP contribution is -2.39. The Morgan fingerprint density at radius 3 is 2.50 bits per heavy atom. The molecule has 0 aliphatic rings. The Hall–Kier alpha value is -2.03. The minimum atomic E-state index is -1.03. The molecule has 0 radical (unpaired) electrons. The van der Waals surface area contributed by atoms with Gasteiger partial charge < -0.3 is 20.3 Å². The van der Waals surface area contributed by atoms with Crippen molar-refractivity contribution in [1.82, 2.24) is 10.5 Å². The third-order valence-electron chi connectivity index (χ3n) is 2.67. The number of aliphatic carboxylic acids is 1. The summed E-state index contributed by atoms with van der Waals surface area (Å²) in [5.41, 5.74) is -1.03. The highest BCUT2D eigenvalue weighted by Gasteiger charge is 2.27. The first-order valence-corrected chi connectivity index (χ1v) is 7.67. The third-order valence-corrected chi connectivity index (χ3v) is 3.60. The highest BCUT2D eigenvalue weighted by molar-refractivity contribution is 8.00. The molecule has 1 aromatic heterocycles. The molecule has 1 rings (SSSR count). The maximum atomic E-state index is 11.6. The average Bonchev–Trinajstić information content (AvgIpc) is 2.81. The molecule has 22 heavy (non-hydrogen) atoms. The molecule has 0 aromatic carbocycles. The minimum absolute atomic E-state index is 0.0339. The number of carboxylic acid groups (broad SMARTS) is 1. The van der Waals surface area contributed by atoms with Crippen LogP contribution in [0, 0.1) is 12.3 Å². The second kappa shape index (κ2) is 7.83. The fourth-order valence-corrected chi connectivity index (χ4v) is 1.93. The van der Waals surface area contributed by atoms with Crippen molar-refractivity contribution in [3.8, 4) is 0 Å². The van der Waals surface area contributed by atoms with Gasteiger partial charge >= 0.3 is 5.97 Å². The van der Waals surface area contributed by atoms with E-state index in [1.165, 1.54) is 13.8 Å². The van der Waals surface area contributed by atoms with Gasteiger partial charge in [0, 0.05) is 12.6 Å². The van der Waals surface area contributed by atoms with Crippen LogP contribution in [-0.2, 0) is 14.4 Å². The maximum absolute atomic E-state index is 11.6. The smallest absolute Gasteiger partial charge is 0.310 e. The van der Waals surface area contributed by atoms with E-state index in [0.717, 1.165) is 11.8 Å². The molecule has 122 valence electrons. The van der Waals surface area contributed by atoms with E-state index < -0.39 is 11.4 Å². The number of carbonyl (C=O) groups excluding carboxylic acids is 2. The van der Waals surface area contributed by atoms with E-state index in [-0.39, 0.29) is 29.9 Å². The van der Waals surface area contributed by atoms with E-state index in [2.05, 4.69) is 15.8 Å². The Balaban J connectivity index is 2.22. The first kappa shape index (κ1) is 18.0. The quantitative estimate of drug-likeness (QED) is 0.647. The van der Waals surface area contributed by atoms with Gasteiger partial charge in [-0.05, 0) is 20.8 Å². The van der Waals surface area contributed by atoms with E-state index >= 15 is 0 Å². The van der Waals surface area contributed by atoms with Gasteiger partial charge in [0.1, 0.15) is 5.76 Å².